The van der Waals surface area contributed by atoms with Crippen LogP contribution in [0.4, 0.5) is 11.8 Å². The van der Waals surface area contributed by atoms with Crippen molar-refractivity contribution in [2.45, 2.75) is 57.5 Å². The molecule has 2 aromatic rings. The smallest absolute Gasteiger partial charge is 0.223 e. The molecule has 2 aliphatic rings. The second-order valence-electron chi connectivity index (χ2n) is 9.12. The van der Waals surface area contributed by atoms with Crippen LogP contribution < -0.4 is 16.0 Å². The van der Waals surface area contributed by atoms with Crippen LogP contribution in [0.15, 0.2) is 24.5 Å². The van der Waals surface area contributed by atoms with Crippen molar-refractivity contribution in [2.75, 3.05) is 37.4 Å². The van der Waals surface area contributed by atoms with E-state index in [1.54, 1.807) is 19.5 Å². The van der Waals surface area contributed by atoms with Crippen molar-refractivity contribution in [3.05, 3.63) is 29.5 Å². The van der Waals surface area contributed by atoms with E-state index in [-0.39, 0.29) is 0 Å². The molecule has 0 unspecified atom stereocenters. The Labute approximate surface area is 189 Å². The molecule has 7 nitrogen and oxygen atoms in total. The van der Waals surface area contributed by atoms with Crippen molar-refractivity contribution in [3.8, 4) is 11.3 Å². The van der Waals surface area contributed by atoms with Gasteiger partial charge in [0.2, 0.25) is 5.95 Å². The zero-order valence-corrected chi connectivity index (χ0v) is 19.2. The molecule has 2 aliphatic carbocycles. The Morgan fingerprint density at radius 1 is 1.16 bits per heavy atom. The summed E-state index contributed by atoms with van der Waals surface area (Å²) in [6.07, 6.45) is 10.5. The Balaban J connectivity index is 1.36. The number of halogens is 1. The summed E-state index contributed by atoms with van der Waals surface area (Å²) in [6, 6.07) is 4.89. The van der Waals surface area contributed by atoms with Crippen LogP contribution in [0.1, 0.15) is 45.4 Å². The number of hydrogen-bond acceptors (Lipinski definition) is 7. The van der Waals surface area contributed by atoms with Crippen LogP contribution in [0.5, 0.6) is 0 Å². The highest BCUT2D eigenvalue weighted by Crippen LogP contribution is 2.44. The Kier molecular flexibility index (Phi) is 7.25. The van der Waals surface area contributed by atoms with Gasteiger partial charge >= 0.3 is 0 Å². The van der Waals surface area contributed by atoms with E-state index < -0.39 is 0 Å². The fourth-order valence-electron chi connectivity index (χ4n) is 4.01. The van der Waals surface area contributed by atoms with Gasteiger partial charge in [0.05, 0.1) is 17.3 Å². The van der Waals surface area contributed by atoms with Gasteiger partial charge in [-0.2, -0.15) is 0 Å². The van der Waals surface area contributed by atoms with E-state index in [0.29, 0.717) is 28.5 Å². The van der Waals surface area contributed by atoms with E-state index in [1.807, 2.05) is 12.1 Å². The number of ether oxygens (including phenoxy) is 1. The molecule has 4 rings (SSSR count). The molecule has 2 fully saturated rings. The van der Waals surface area contributed by atoms with Crippen molar-refractivity contribution in [2.24, 2.45) is 5.41 Å². The monoisotopic (exact) mass is 444 g/mol. The lowest BCUT2D eigenvalue weighted by Gasteiger charge is -2.30. The third kappa shape index (κ3) is 6.28. The number of nitrogens with one attached hydrogen (secondary N) is 3. The van der Waals surface area contributed by atoms with Crippen LogP contribution in [0.25, 0.3) is 11.3 Å². The second kappa shape index (κ2) is 10.1. The lowest BCUT2D eigenvalue weighted by Crippen LogP contribution is -2.38. The van der Waals surface area contributed by atoms with Gasteiger partial charge in [-0.1, -0.05) is 18.5 Å². The van der Waals surface area contributed by atoms with E-state index >= 15 is 0 Å². The number of methoxy groups -OCH3 is 1. The van der Waals surface area contributed by atoms with Gasteiger partial charge in [-0.05, 0) is 56.1 Å². The zero-order valence-electron chi connectivity index (χ0n) is 18.5. The van der Waals surface area contributed by atoms with Crippen molar-refractivity contribution in [1.29, 1.82) is 0 Å². The predicted octanol–water partition coefficient (Wildman–Crippen LogP) is 4.36. The zero-order chi connectivity index (χ0) is 21.7. The average molecular weight is 445 g/mol. The average Bonchev–Trinajstić information content (AvgIpc) is 3.53. The minimum Gasteiger partial charge on any atom is -0.383 e. The van der Waals surface area contributed by atoms with Gasteiger partial charge in [-0.25, -0.2) is 15.0 Å². The van der Waals surface area contributed by atoms with Crippen LogP contribution in [-0.4, -0.2) is 53.8 Å². The number of nitrogens with zero attached hydrogens (tertiary/aromatic N) is 3. The molecule has 31 heavy (non-hydrogen) atoms. The number of aromatic nitrogens is 3. The molecule has 0 bridgehead atoms. The standard InChI is InChI=1S/C23H33ClN6O/c1-23(8-9-23)15-28-22-26-10-7-20(30-22)18-13-21(27-14-19(18)24)29-17-5-3-16(4-6-17)25-11-12-31-2/h7,10,13-14,16-17,25H,3-6,8-9,11-12,15H2,1-2H3,(H,27,29)(H,26,28,30). The minimum atomic E-state index is 0.392. The van der Waals surface area contributed by atoms with Gasteiger partial charge in [0.25, 0.3) is 0 Å². The molecule has 0 aromatic carbocycles. The van der Waals surface area contributed by atoms with Crippen LogP contribution in [0, 0.1) is 5.41 Å². The first-order chi connectivity index (χ1) is 15.0. The predicted molar refractivity (Wildman–Crippen MR) is 126 cm³/mol. The number of pyridine rings is 1. The van der Waals surface area contributed by atoms with Crippen LogP contribution in [0.2, 0.25) is 5.02 Å². The molecule has 0 amide bonds. The van der Waals surface area contributed by atoms with Crippen molar-refractivity contribution in [1.82, 2.24) is 20.3 Å². The maximum atomic E-state index is 6.48. The molecule has 2 aromatic heterocycles. The molecule has 2 heterocycles. The summed E-state index contributed by atoms with van der Waals surface area (Å²) in [5.41, 5.74) is 2.07. The van der Waals surface area contributed by atoms with Gasteiger partial charge in [-0.15, -0.1) is 0 Å². The lowest BCUT2D eigenvalue weighted by atomic mass is 9.91. The van der Waals surface area contributed by atoms with Gasteiger partial charge in [0.15, 0.2) is 0 Å². The number of hydrogen-bond donors (Lipinski definition) is 3. The molecular formula is C23H33ClN6O. The van der Waals surface area contributed by atoms with E-state index in [9.17, 15) is 0 Å². The first-order valence-electron chi connectivity index (χ1n) is 11.3. The van der Waals surface area contributed by atoms with Gasteiger partial charge < -0.3 is 20.7 Å². The third-order valence-electron chi connectivity index (χ3n) is 6.38. The molecule has 3 N–H and O–H groups in total. The number of anilines is 2. The van der Waals surface area contributed by atoms with E-state index in [0.717, 1.165) is 62.5 Å². The highest BCUT2D eigenvalue weighted by atomic mass is 35.5. The fourth-order valence-corrected chi connectivity index (χ4v) is 4.21. The van der Waals surface area contributed by atoms with Crippen LogP contribution in [-0.2, 0) is 4.74 Å². The number of rotatable bonds is 10. The van der Waals surface area contributed by atoms with Crippen LogP contribution >= 0.6 is 11.6 Å². The normalized spacial score (nSPS) is 22.2. The highest BCUT2D eigenvalue weighted by molar-refractivity contribution is 6.33. The maximum Gasteiger partial charge on any atom is 0.223 e. The summed E-state index contributed by atoms with van der Waals surface area (Å²) in [7, 11) is 1.74. The Hall–Kier alpha value is -1.96. The summed E-state index contributed by atoms with van der Waals surface area (Å²) in [4.78, 5) is 13.6. The molecule has 0 saturated heterocycles. The molecule has 0 aliphatic heterocycles. The topological polar surface area (TPSA) is 84.0 Å². The Bertz CT molecular complexity index is 867. The fraction of sp³-hybridized carbons (Fsp3) is 0.609. The summed E-state index contributed by atoms with van der Waals surface area (Å²) >= 11 is 6.48. The molecule has 0 spiro atoms. The molecule has 168 valence electrons. The van der Waals surface area contributed by atoms with E-state index in [1.165, 1.54) is 12.8 Å². The minimum absolute atomic E-state index is 0.392. The quantitative estimate of drug-likeness (QED) is 0.469. The molecular weight excluding hydrogens is 412 g/mol. The van der Waals surface area contributed by atoms with Gasteiger partial charge in [0, 0.05) is 50.2 Å². The summed E-state index contributed by atoms with van der Waals surface area (Å²) in [5.74, 6) is 1.49. The summed E-state index contributed by atoms with van der Waals surface area (Å²) in [5, 5.41) is 11.1. The molecule has 0 radical (unpaired) electrons. The van der Waals surface area contributed by atoms with Crippen molar-refractivity contribution < 1.29 is 4.74 Å². The largest absolute Gasteiger partial charge is 0.383 e. The third-order valence-corrected chi connectivity index (χ3v) is 6.68. The SMILES string of the molecule is COCCNC1CCC(Nc2cc(-c3ccnc(NCC4(C)CC4)n3)c(Cl)cn2)CC1. The van der Waals surface area contributed by atoms with Gasteiger partial charge in [0.1, 0.15) is 5.82 Å². The lowest BCUT2D eigenvalue weighted by molar-refractivity contribution is 0.191. The van der Waals surface area contributed by atoms with E-state index in [2.05, 4.69) is 37.8 Å². The van der Waals surface area contributed by atoms with Crippen molar-refractivity contribution >= 4 is 23.4 Å². The Morgan fingerprint density at radius 3 is 2.68 bits per heavy atom. The maximum absolute atomic E-state index is 6.48. The molecule has 0 atom stereocenters. The first kappa shape index (κ1) is 22.2. The summed E-state index contributed by atoms with van der Waals surface area (Å²) in [6.45, 7) is 4.85. The highest BCUT2D eigenvalue weighted by Gasteiger charge is 2.37. The first-order valence-corrected chi connectivity index (χ1v) is 11.6. The van der Waals surface area contributed by atoms with E-state index in [4.69, 9.17) is 16.3 Å². The second-order valence-corrected chi connectivity index (χ2v) is 9.53. The molecule has 2 saturated carbocycles. The van der Waals surface area contributed by atoms with Crippen molar-refractivity contribution in [3.63, 3.8) is 0 Å². The van der Waals surface area contributed by atoms with Gasteiger partial charge in [-0.3, -0.25) is 0 Å². The Morgan fingerprint density at radius 2 is 1.94 bits per heavy atom. The van der Waals surface area contributed by atoms with Crippen LogP contribution in [0.3, 0.4) is 0 Å². The molecule has 8 heteroatoms. The summed E-state index contributed by atoms with van der Waals surface area (Å²) < 4.78 is 5.12.